The first-order valence-corrected chi connectivity index (χ1v) is 6.57. The second kappa shape index (κ2) is 3.33. The summed E-state index contributed by atoms with van der Waals surface area (Å²) >= 11 is 0. The van der Waals surface area contributed by atoms with Gasteiger partial charge < -0.3 is 4.90 Å². The van der Waals surface area contributed by atoms with Crippen LogP contribution in [0.3, 0.4) is 0 Å². The molecule has 0 atom stereocenters. The number of nitrogens with zero attached hydrogens (tertiary/aromatic N) is 1. The molecule has 0 aliphatic carbocycles. The van der Waals surface area contributed by atoms with Gasteiger partial charge in [0.2, 0.25) is 0 Å². The molecule has 0 amide bonds. The summed E-state index contributed by atoms with van der Waals surface area (Å²) in [5.41, 5.74) is 1.04. The van der Waals surface area contributed by atoms with Crippen molar-refractivity contribution in [3.05, 3.63) is 11.1 Å². The maximum Gasteiger partial charge on any atom is 0.173 e. The molecule has 1 saturated heterocycles. The Morgan fingerprint density at radius 2 is 1.85 bits per heavy atom. The molecule has 0 aromatic carbocycles. The predicted octanol–water partition coefficient (Wildman–Crippen LogP) is 1.13. The van der Waals surface area contributed by atoms with Crippen LogP contribution in [0.15, 0.2) is 11.1 Å². The predicted molar refractivity (Wildman–Crippen MR) is 51.9 cm³/mol. The van der Waals surface area contributed by atoms with Crippen molar-refractivity contribution >= 4 is 9.84 Å². The highest BCUT2D eigenvalue weighted by molar-refractivity contribution is 7.94. The first kappa shape index (κ1) is 9.06. The molecule has 74 valence electrons. The molecule has 3 nitrogen and oxygen atoms in total. The molecule has 0 radical (unpaired) electrons. The fourth-order valence-electron chi connectivity index (χ4n) is 1.99. The molecule has 2 aliphatic heterocycles. The van der Waals surface area contributed by atoms with Crippen LogP contribution >= 0.6 is 0 Å². The van der Waals surface area contributed by atoms with Crippen molar-refractivity contribution in [1.82, 2.24) is 4.90 Å². The Hall–Kier alpha value is -0.510. The fourth-order valence-corrected chi connectivity index (χ4v) is 3.28. The summed E-state index contributed by atoms with van der Waals surface area (Å²) in [4.78, 5) is 2.23. The van der Waals surface area contributed by atoms with Crippen molar-refractivity contribution in [3.8, 4) is 0 Å². The monoisotopic (exact) mass is 201 g/mol. The van der Waals surface area contributed by atoms with Crippen LogP contribution in [0.5, 0.6) is 0 Å². The summed E-state index contributed by atoms with van der Waals surface area (Å²) < 4.78 is 22.4. The Kier molecular flexibility index (Phi) is 2.32. The largest absolute Gasteiger partial charge is 0.374 e. The number of allylic oxidation sites excluding steroid dienone is 1. The smallest absolute Gasteiger partial charge is 0.173 e. The highest BCUT2D eigenvalue weighted by Crippen LogP contribution is 2.23. The average molecular weight is 201 g/mol. The standard InChI is InChI=1S/C9H15NO2S/c11-13(12)7-4-9(8-13)10-5-2-1-3-6-10/h8H,1-7H2. The number of rotatable bonds is 1. The third-order valence-corrected chi connectivity index (χ3v) is 4.12. The second-order valence-corrected chi connectivity index (χ2v) is 5.74. The minimum absolute atomic E-state index is 0.318. The number of likely N-dealkylation sites (tertiary alicyclic amines) is 1. The Morgan fingerprint density at radius 3 is 2.38 bits per heavy atom. The van der Waals surface area contributed by atoms with E-state index in [1.54, 1.807) is 0 Å². The number of sulfone groups is 1. The summed E-state index contributed by atoms with van der Waals surface area (Å²) in [6.45, 7) is 2.09. The molecule has 1 fully saturated rings. The van der Waals surface area contributed by atoms with E-state index < -0.39 is 9.84 Å². The minimum atomic E-state index is -2.85. The molecule has 0 spiro atoms. The Morgan fingerprint density at radius 1 is 1.15 bits per heavy atom. The fraction of sp³-hybridized carbons (Fsp3) is 0.778. The van der Waals surface area contributed by atoms with Gasteiger partial charge in [-0.15, -0.1) is 0 Å². The van der Waals surface area contributed by atoms with E-state index in [2.05, 4.69) is 4.90 Å². The molecule has 0 aromatic rings. The van der Waals surface area contributed by atoms with Gasteiger partial charge in [-0.3, -0.25) is 0 Å². The van der Waals surface area contributed by atoms with Crippen molar-refractivity contribution in [3.63, 3.8) is 0 Å². The SMILES string of the molecule is O=S1(=O)C=C(N2CCCCC2)CC1. The van der Waals surface area contributed by atoms with Crippen LogP contribution in [0.1, 0.15) is 25.7 Å². The molecule has 0 unspecified atom stereocenters. The normalized spacial score (nSPS) is 27.4. The Bertz CT molecular complexity index is 313. The molecular weight excluding hydrogens is 186 g/mol. The first-order chi connectivity index (χ1) is 6.17. The lowest BCUT2D eigenvalue weighted by molar-refractivity contribution is 0.281. The number of piperidine rings is 1. The van der Waals surface area contributed by atoms with E-state index >= 15 is 0 Å². The van der Waals surface area contributed by atoms with Crippen LogP contribution in [-0.2, 0) is 9.84 Å². The van der Waals surface area contributed by atoms with E-state index in [4.69, 9.17) is 0 Å². The van der Waals surface area contributed by atoms with Crippen molar-refractivity contribution < 1.29 is 8.42 Å². The van der Waals surface area contributed by atoms with Gasteiger partial charge in [-0.1, -0.05) is 0 Å². The lowest BCUT2D eigenvalue weighted by Gasteiger charge is -2.29. The highest BCUT2D eigenvalue weighted by atomic mass is 32.2. The van der Waals surface area contributed by atoms with Gasteiger partial charge in [0.05, 0.1) is 5.75 Å². The molecule has 0 aromatic heterocycles. The molecular formula is C9H15NO2S. The van der Waals surface area contributed by atoms with E-state index in [0.29, 0.717) is 5.75 Å². The van der Waals surface area contributed by atoms with Gasteiger partial charge in [-0.05, 0) is 19.3 Å². The average Bonchev–Trinajstić information content (AvgIpc) is 2.48. The minimum Gasteiger partial charge on any atom is -0.374 e. The Labute approximate surface area is 79.3 Å². The van der Waals surface area contributed by atoms with E-state index in [0.717, 1.165) is 25.2 Å². The quantitative estimate of drug-likeness (QED) is 0.638. The van der Waals surface area contributed by atoms with Crippen molar-refractivity contribution in [2.24, 2.45) is 0 Å². The van der Waals surface area contributed by atoms with Gasteiger partial charge in [0.25, 0.3) is 0 Å². The second-order valence-electron chi connectivity index (χ2n) is 3.77. The van der Waals surface area contributed by atoms with Crippen molar-refractivity contribution in [1.29, 1.82) is 0 Å². The summed E-state index contributed by atoms with van der Waals surface area (Å²) in [5, 5.41) is 1.47. The van der Waals surface area contributed by atoms with Crippen LogP contribution in [-0.4, -0.2) is 32.2 Å². The number of hydrogen-bond acceptors (Lipinski definition) is 3. The van der Waals surface area contributed by atoms with Gasteiger partial charge in [0, 0.05) is 30.6 Å². The van der Waals surface area contributed by atoms with E-state index in [9.17, 15) is 8.42 Å². The zero-order valence-electron chi connectivity index (χ0n) is 7.70. The van der Waals surface area contributed by atoms with Gasteiger partial charge in [-0.2, -0.15) is 0 Å². The zero-order valence-corrected chi connectivity index (χ0v) is 8.52. The van der Waals surface area contributed by atoms with Crippen molar-refractivity contribution in [2.75, 3.05) is 18.8 Å². The summed E-state index contributed by atoms with van der Waals surface area (Å²) in [6, 6.07) is 0. The molecule has 0 saturated carbocycles. The van der Waals surface area contributed by atoms with Crippen LogP contribution in [0, 0.1) is 0 Å². The highest BCUT2D eigenvalue weighted by Gasteiger charge is 2.23. The topological polar surface area (TPSA) is 37.4 Å². The Balaban J connectivity index is 2.09. The molecule has 2 aliphatic rings. The van der Waals surface area contributed by atoms with Crippen LogP contribution in [0.4, 0.5) is 0 Å². The molecule has 0 N–H and O–H groups in total. The number of hydrogen-bond donors (Lipinski definition) is 0. The first-order valence-electron chi connectivity index (χ1n) is 4.86. The van der Waals surface area contributed by atoms with Crippen LogP contribution in [0.2, 0.25) is 0 Å². The van der Waals surface area contributed by atoms with E-state index in [1.807, 2.05) is 0 Å². The van der Waals surface area contributed by atoms with Gasteiger partial charge in [-0.25, -0.2) is 8.42 Å². The van der Waals surface area contributed by atoms with Crippen molar-refractivity contribution in [2.45, 2.75) is 25.7 Å². The molecule has 13 heavy (non-hydrogen) atoms. The zero-order chi connectivity index (χ0) is 9.31. The van der Waals surface area contributed by atoms with E-state index in [1.165, 1.54) is 24.7 Å². The van der Waals surface area contributed by atoms with Gasteiger partial charge in [0.1, 0.15) is 0 Å². The third kappa shape index (κ3) is 2.05. The maximum atomic E-state index is 11.2. The maximum absolute atomic E-state index is 11.2. The molecule has 2 rings (SSSR count). The van der Waals surface area contributed by atoms with Gasteiger partial charge >= 0.3 is 0 Å². The van der Waals surface area contributed by atoms with Crippen LogP contribution < -0.4 is 0 Å². The molecule has 2 heterocycles. The molecule has 0 bridgehead atoms. The molecule has 4 heteroatoms. The summed E-state index contributed by atoms with van der Waals surface area (Å²) in [5.74, 6) is 0.318. The third-order valence-electron chi connectivity index (χ3n) is 2.72. The summed E-state index contributed by atoms with van der Waals surface area (Å²) in [7, 11) is -2.85. The summed E-state index contributed by atoms with van der Waals surface area (Å²) in [6.07, 6.45) is 4.42. The van der Waals surface area contributed by atoms with E-state index in [-0.39, 0.29) is 0 Å². The lowest BCUT2D eigenvalue weighted by Crippen LogP contribution is -2.28. The lowest BCUT2D eigenvalue weighted by atomic mass is 10.1. The van der Waals surface area contributed by atoms with Gasteiger partial charge in [0.15, 0.2) is 9.84 Å². The van der Waals surface area contributed by atoms with Crippen LogP contribution in [0.25, 0.3) is 0 Å².